The SMILES string of the molecule is Cc1cccc(COc2ccccc2C(=O)OCC(=O)Nc2ccc(C(N)=O)cc2)c1. The summed E-state index contributed by atoms with van der Waals surface area (Å²) in [5.41, 5.74) is 8.28. The van der Waals surface area contributed by atoms with Crippen LogP contribution in [0.1, 0.15) is 31.8 Å². The molecule has 0 atom stereocenters. The number of esters is 1. The van der Waals surface area contributed by atoms with E-state index < -0.39 is 24.4 Å². The summed E-state index contributed by atoms with van der Waals surface area (Å²) in [7, 11) is 0. The van der Waals surface area contributed by atoms with E-state index in [0.717, 1.165) is 11.1 Å². The Morgan fingerprint density at radius 2 is 1.68 bits per heavy atom. The van der Waals surface area contributed by atoms with Gasteiger partial charge in [-0.15, -0.1) is 0 Å². The molecule has 3 aromatic rings. The summed E-state index contributed by atoms with van der Waals surface area (Å²) < 4.78 is 10.9. The number of hydrogen-bond donors (Lipinski definition) is 2. The molecule has 0 unspecified atom stereocenters. The van der Waals surface area contributed by atoms with Crippen LogP contribution in [0.2, 0.25) is 0 Å². The fraction of sp³-hybridized carbons (Fsp3) is 0.125. The summed E-state index contributed by atoms with van der Waals surface area (Å²) in [6, 6.07) is 20.6. The molecule has 0 fully saturated rings. The molecule has 3 N–H and O–H groups in total. The van der Waals surface area contributed by atoms with Crippen LogP contribution in [0.3, 0.4) is 0 Å². The van der Waals surface area contributed by atoms with Gasteiger partial charge < -0.3 is 20.5 Å². The third kappa shape index (κ3) is 6.17. The van der Waals surface area contributed by atoms with E-state index in [1.165, 1.54) is 24.3 Å². The average molecular weight is 418 g/mol. The molecule has 3 rings (SSSR count). The van der Waals surface area contributed by atoms with Crippen LogP contribution >= 0.6 is 0 Å². The number of carbonyl (C=O) groups is 3. The first-order valence-corrected chi connectivity index (χ1v) is 9.56. The predicted molar refractivity (Wildman–Crippen MR) is 116 cm³/mol. The van der Waals surface area contributed by atoms with Crippen LogP contribution in [0.15, 0.2) is 72.8 Å². The summed E-state index contributed by atoms with van der Waals surface area (Å²) in [5.74, 6) is -1.37. The Labute approximate surface area is 179 Å². The summed E-state index contributed by atoms with van der Waals surface area (Å²) in [6.45, 7) is 1.82. The Bertz CT molecular complexity index is 1090. The number of rotatable bonds is 8. The number of primary amides is 1. The number of anilines is 1. The molecular weight excluding hydrogens is 396 g/mol. The van der Waals surface area contributed by atoms with E-state index >= 15 is 0 Å². The van der Waals surface area contributed by atoms with Crippen molar-refractivity contribution in [3.8, 4) is 5.75 Å². The van der Waals surface area contributed by atoms with Crippen molar-refractivity contribution in [3.05, 3.63) is 95.1 Å². The molecule has 0 spiro atoms. The van der Waals surface area contributed by atoms with Crippen molar-refractivity contribution in [2.24, 2.45) is 5.73 Å². The third-order valence-electron chi connectivity index (χ3n) is 4.37. The number of ether oxygens (including phenoxy) is 2. The summed E-state index contributed by atoms with van der Waals surface area (Å²) in [4.78, 5) is 35.6. The Balaban J connectivity index is 1.56. The molecule has 0 radical (unpaired) electrons. The van der Waals surface area contributed by atoms with Crippen molar-refractivity contribution < 1.29 is 23.9 Å². The van der Waals surface area contributed by atoms with E-state index in [0.29, 0.717) is 23.6 Å². The van der Waals surface area contributed by atoms with Crippen molar-refractivity contribution in [2.45, 2.75) is 13.5 Å². The summed E-state index contributed by atoms with van der Waals surface area (Å²) >= 11 is 0. The maximum Gasteiger partial charge on any atom is 0.342 e. The lowest BCUT2D eigenvalue weighted by Crippen LogP contribution is -2.21. The molecule has 7 nitrogen and oxygen atoms in total. The van der Waals surface area contributed by atoms with Crippen LogP contribution in [0.5, 0.6) is 5.75 Å². The molecule has 0 saturated carbocycles. The number of hydrogen-bond acceptors (Lipinski definition) is 5. The first kappa shape index (κ1) is 21.6. The monoisotopic (exact) mass is 418 g/mol. The van der Waals surface area contributed by atoms with Crippen molar-refractivity contribution in [1.82, 2.24) is 0 Å². The Hall–Kier alpha value is -4.13. The second-order valence-corrected chi connectivity index (χ2v) is 6.84. The zero-order valence-corrected chi connectivity index (χ0v) is 17.0. The predicted octanol–water partition coefficient (Wildman–Crippen LogP) is 3.47. The molecule has 3 aromatic carbocycles. The summed E-state index contributed by atoms with van der Waals surface area (Å²) in [6.07, 6.45) is 0. The number of nitrogens with one attached hydrogen (secondary N) is 1. The van der Waals surface area contributed by atoms with Gasteiger partial charge in [-0.3, -0.25) is 9.59 Å². The molecule has 31 heavy (non-hydrogen) atoms. The van der Waals surface area contributed by atoms with Gasteiger partial charge in [0.2, 0.25) is 5.91 Å². The number of benzene rings is 3. The lowest BCUT2D eigenvalue weighted by atomic mass is 10.1. The topological polar surface area (TPSA) is 108 Å². The van der Waals surface area contributed by atoms with E-state index in [2.05, 4.69) is 5.32 Å². The Kier molecular flexibility index (Phi) is 7.01. The standard InChI is InChI=1S/C24H22N2O5/c1-16-5-4-6-17(13-16)14-30-21-8-3-2-7-20(21)24(29)31-15-22(27)26-19-11-9-18(10-12-19)23(25)28/h2-13H,14-15H2,1H3,(H2,25,28)(H,26,27). The molecule has 0 saturated heterocycles. The lowest BCUT2D eigenvalue weighted by molar-refractivity contribution is -0.119. The molecule has 0 aliphatic carbocycles. The minimum absolute atomic E-state index is 0.230. The molecular formula is C24H22N2O5. The highest BCUT2D eigenvalue weighted by atomic mass is 16.5. The molecule has 158 valence electrons. The molecule has 0 heterocycles. The van der Waals surface area contributed by atoms with Gasteiger partial charge in [-0.1, -0.05) is 42.0 Å². The van der Waals surface area contributed by atoms with Crippen LogP contribution in [0.25, 0.3) is 0 Å². The first-order valence-electron chi connectivity index (χ1n) is 9.56. The smallest absolute Gasteiger partial charge is 0.342 e. The zero-order chi connectivity index (χ0) is 22.2. The van der Waals surface area contributed by atoms with Crippen LogP contribution in [0.4, 0.5) is 5.69 Å². The zero-order valence-electron chi connectivity index (χ0n) is 17.0. The van der Waals surface area contributed by atoms with Gasteiger partial charge in [0.1, 0.15) is 17.9 Å². The van der Waals surface area contributed by atoms with E-state index in [4.69, 9.17) is 15.2 Å². The van der Waals surface area contributed by atoms with Crippen molar-refractivity contribution in [1.29, 1.82) is 0 Å². The minimum atomic E-state index is -0.668. The molecule has 0 aliphatic heterocycles. The van der Waals surface area contributed by atoms with Gasteiger partial charge >= 0.3 is 5.97 Å². The van der Waals surface area contributed by atoms with Gasteiger partial charge in [0, 0.05) is 11.3 Å². The maximum atomic E-state index is 12.5. The maximum absolute atomic E-state index is 12.5. The molecule has 0 aliphatic rings. The highest BCUT2D eigenvalue weighted by molar-refractivity contribution is 5.97. The van der Waals surface area contributed by atoms with Gasteiger partial charge in [0.15, 0.2) is 6.61 Å². The van der Waals surface area contributed by atoms with Crippen LogP contribution in [-0.4, -0.2) is 24.4 Å². The number of carbonyl (C=O) groups excluding carboxylic acids is 3. The number of aryl methyl sites for hydroxylation is 1. The van der Waals surface area contributed by atoms with Crippen molar-refractivity contribution in [3.63, 3.8) is 0 Å². The lowest BCUT2D eigenvalue weighted by Gasteiger charge is -2.12. The van der Waals surface area contributed by atoms with Crippen molar-refractivity contribution >= 4 is 23.5 Å². The minimum Gasteiger partial charge on any atom is -0.488 e. The van der Waals surface area contributed by atoms with E-state index in [-0.39, 0.29) is 5.56 Å². The normalized spacial score (nSPS) is 10.2. The van der Waals surface area contributed by atoms with E-state index in [9.17, 15) is 14.4 Å². The largest absolute Gasteiger partial charge is 0.488 e. The quantitative estimate of drug-likeness (QED) is 0.545. The number of para-hydroxylation sites is 1. The van der Waals surface area contributed by atoms with Crippen LogP contribution < -0.4 is 15.8 Å². The van der Waals surface area contributed by atoms with Gasteiger partial charge in [-0.25, -0.2) is 4.79 Å². The first-order chi connectivity index (χ1) is 14.9. The van der Waals surface area contributed by atoms with Gasteiger partial charge in [0.05, 0.1) is 0 Å². The fourth-order valence-corrected chi connectivity index (χ4v) is 2.85. The second-order valence-electron chi connectivity index (χ2n) is 6.84. The molecule has 0 aromatic heterocycles. The number of amides is 2. The molecule has 7 heteroatoms. The Morgan fingerprint density at radius 3 is 2.39 bits per heavy atom. The van der Waals surface area contributed by atoms with Crippen LogP contribution in [0, 0.1) is 6.92 Å². The van der Waals surface area contributed by atoms with Gasteiger partial charge in [-0.2, -0.15) is 0 Å². The second kappa shape index (κ2) is 10.1. The summed E-state index contributed by atoms with van der Waals surface area (Å²) in [5, 5.41) is 2.58. The Morgan fingerprint density at radius 1 is 0.935 bits per heavy atom. The number of nitrogens with two attached hydrogens (primary N) is 1. The molecule has 0 bridgehead atoms. The average Bonchev–Trinajstić information content (AvgIpc) is 2.76. The van der Waals surface area contributed by atoms with Crippen LogP contribution in [-0.2, 0) is 16.1 Å². The molecule has 2 amide bonds. The fourth-order valence-electron chi connectivity index (χ4n) is 2.85. The van der Waals surface area contributed by atoms with E-state index in [1.807, 2.05) is 31.2 Å². The third-order valence-corrected chi connectivity index (χ3v) is 4.37. The van der Waals surface area contributed by atoms with Gasteiger partial charge in [0.25, 0.3) is 5.91 Å². The van der Waals surface area contributed by atoms with E-state index in [1.54, 1.807) is 24.3 Å². The van der Waals surface area contributed by atoms with Gasteiger partial charge in [-0.05, 0) is 48.9 Å². The highest BCUT2D eigenvalue weighted by Crippen LogP contribution is 2.21. The van der Waals surface area contributed by atoms with Crippen molar-refractivity contribution in [2.75, 3.05) is 11.9 Å². The highest BCUT2D eigenvalue weighted by Gasteiger charge is 2.15.